The van der Waals surface area contributed by atoms with E-state index in [9.17, 15) is 14.1 Å². The Hall–Kier alpha value is -2.89. The highest BCUT2D eigenvalue weighted by molar-refractivity contribution is 7.90. The molecule has 1 aromatic heterocycles. The zero-order valence-electron chi connectivity index (χ0n) is 19.0. The maximum absolute atomic E-state index is 12.7. The van der Waals surface area contributed by atoms with Gasteiger partial charge in [-0.1, -0.05) is 0 Å². The molecule has 0 bridgehead atoms. The van der Waals surface area contributed by atoms with Gasteiger partial charge in [-0.05, 0) is 73.2 Å². The van der Waals surface area contributed by atoms with Gasteiger partial charge in [0.15, 0.2) is 16.4 Å². The van der Waals surface area contributed by atoms with Crippen LogP contribution in [-0.4, -0.2) is 64.8 Å². The van der Waals surface area contributed by atoms with E-state index < -0.39 is 17.1 Å². The molecule has 3 aliphatic rings. The van der Waals surface area contributed by atoms with E-state index in [1.807, 2.05) is 0 Å². The van der Waals surface area contributed by atoms with Crippen LogP contribution in [0.5, 0.6) is 0 Å². The summed E-state index contributed by atoms with van der Waals surface area (Å²) in [5, 5.41) is 9.67. The van der Waals surface area contributed by atoms with E-state index in [4.69, 9.17) is 5.73 Å². The molecule has 5 N–H and O–H groups in total. The molecule has 0 spiro atoms. The van der Waals surface area contributed by atoms with Gasteiger partial charge < -0.3 is 31.1 Å². The molecule has 5 rings (SSSR count). The third kappa shape index (κ3) is 4.68. The lowest BCUT2D eigenvalue weighted by atomic mass is 10.1. The van der Waals surface area contributed by atoms with E-state index in [1.54, 1.807) is 36.7 Å². The molecular formula is C23H29N7O3S. The van der Waals surface area contributed by atoms with Crippen molar-refractivity contribution in [3.63, 3.8) is 0 Å². The van der Waals surface area contributed by atoms with Crippen molar-refractivity contribution in [2.75, 3.05) is 42.7 Å². The summed E-state index contributed by atoms with van der Waals surface area (Å²) in [7, 11) is 0. The van der Waals surface area contributed by atoms with Crippen LogP contribution < -0.4 is 26.6 Å². The minimum Gasteiger partial charge on any atom is -0.612 e. The number of piperidine rings is 2. The van der Waals surface area contributed by atoms with Crippen molar-refractivity contribution in [2.24, 2.45) is 23.5 Å². The summed E-state index contributed by atoms with van der Waals surface area (Å²) in [5.74, 6) is 1.50. The second-order valence-corrected chi connectivity index (χ2v) is 10.6. The standard InChI is InChI=1S/C23H29N7O3S/c1-34(33)15-6-4-13(5-7-15)27-22-20(21(24)31)26-11-18(29-22)30-8-2-3-14(12-30)28-23(32)19-16-9-25-10-17(16)19/h4-7,11,14,16-17,19,25H,2-3,8-10,12H2,1H3,(H2,24,31)(H,27,29)(H,28,32). The molecule has 3 fully saturated rings. The number of fused-ring (bicyclic) bond motifs is 1. The summed E-state index contributed by atoms with van der Waals surface area (Å²) < 4.78 is 11.6. The van der Waals surface area contributed by atoms with Crippen LogP contribution >= 0.6 is 0 Å². The predicted molar refractivity (Wildman–Crippen MR) is 129 cm³/mol. The molecule has 2 aromatic rings. The summed E-state index contributed by atoms with van der Waals surface area (Å²) in [4.78, 5) is 36.4. The van der Waals surface area contributed by atoms with Crippen molar-refractivity contribution in [3.8, 4) is 0 Å². The Morgan fingerprint density at radius 2 is 1.97 bits per heavy atom. The van der Waals surface area contributed by atoms with Crippen molar-refractivity contribution < 1.29 is 14.1 Å². The lowest BCUT2D eigenvalue weighted by Gasteiger charge is -2.34. The fraction of sp³-hybridized carbons (Fsp3) is 0.478. The van der Waals surface area contributed by atoms with Crippen LogP contribution in [0.15, 0.2) is 35.4 Å². The predicted octanol–water partition coefficient (Wildman–Crippen LogP) is 0.607. The molecule has 2 saturated heterocycles. The molecular weight excluding hydrogens is 454 g/mol. The van der Waals surface area contributed by atoms with E-state index in [2.05, 4.69) is 30.8 Å². The molecule has 10 nitrogen and oxygen atoms in total. The molecule has 34 heavy (non-hydrogen) atoms. The zero-order valence-corrected chi connectivity index (χ0v) is 19.8. The van der Waals surface area contributed by atoms with Gasteiger partial charge in [-0.2, -0.15) is 0 Å². The summed E-state index contributed by atoms with van der Waals surface area (Å²) >= 11 is -1.08. The molecule has 2 aliphatic heterocycles. The number of benzene rings is 1. The monoisotopic (exact) mass is 483 g/mol. The highest BCUT2D eigenvalue weighted by atomic mass is 32.2. The van der Waals surface area contributed by atoms with Crippen LogP contribution in [0, 0.1) is 17.8 Å². The van der Waals surface area contributed by atoms with Crippen LogP contribution in [0.3, 0.4) is 0 Å². The maximum atomic E-state index is 12.7. The first-order valence-electron chi connectivity index (χ1n) is 11.5. The Labute approximate surface area is 201 Å². The van der Waals surface area contributed by atoms with Gasteiger partial charge in [0.25, 0.3) is 5.91 Å². The number of nitrogens with two attached hydrogens (primary N) is 1. The van der Waals surface area contributed by atoms with Crippen molar-refractivity contribution in [3.05, 3.63) is 36.2 Å². The summed E-state index contributed by atoms with van der Waals surface area (Å²) in [6, 6.07) is 7.09. The highest BCUT2D eigenvalue weighted by Crippen LogP contribution is 2.48. The number of nitrogens with zero attached hydrogens (tertiary/aromatic N) is 3. The number of amides is 2. The van der Waals surface area contributed by atoms with Crippen LogP contribution in [0.25, 0.3) is 0 Å². The Kier molecular flexibility index (Phi) is 6.32. The van der Waals surface area contributed by atoms with Gasteiger partial charge in [0, 0.05) is 30.7 Å². The first-order valence-corrected chi connectivity index (χ1v) is 13.1. The van der Waals surface area contributed by atoms with Gasteiger partial charge in [0.05, 0.1) is 6.20 Å². The van der Waals surface area contributed by atoms with Crippen molar-refractivity contribution in [2.45, 2.75) is 23.8 Å². The number of hydrogen-bond donors (Lipinski definition) is 4. The Bertz CT molecular complexity index is 1070. The number of carbonyl (C=O) groups is 2. The third-order valence-electron chi connectivity index (χ3n) is 6.93. The molecule has 11 heteroatoms. The van der Waals surface area contributed by atoms with Crippen LogP contribution in [-0.2, 0) is 16.0 Å². The van der Waals surface area contributed by atoms with E-state index in [0.29, 0.717) is 34.8 Å². The summed E-state index contributed by atoms with van der Waals surface area (Å²) in [5.41, 5.74) is 6.24. The van der Waals surface area contributed by atoms with Crippen molar-refractivity contribution >= 4 is 40.3 Å². The number of primary amides is 1. The molecule has 1 aromatic carbocycles. The fourth-order valence-electron chi connectivity index (χ4n) is 5.07. The van der Waals surface area contributed by atoms with Crippen molar-refractivity contribution in [1.29, 1.82) is 0 Å². The number of nitrogens with one attached hydrogen (secondary N) is 3. The number of carbonyl (C=O) groups excluding carboxylic acids is 2. The van der Waals surface area contributed by atoms with Gasteiger partial charge in [-0.3, -0.25) is 9.59 Å². The van der Waals surface area contributed by atoms with Gasteiger partial charge in [0.2, 0.25) is 5.91 Å². The molecule has 180 valence electrons. The lowest BCUT2D eigenvalue weighted by molar-refractivity contribution is -0.123. The zero-order chi connectivity index (χ0) is 23.8. The first kappa shape index (κ1) is 22.9. The van der Waals surface area contributed by atoms with Crippen LogP contribution in [0.4, 0.5) is 17.3 Å². The topological polar surface area (TPSA) is 148 Å². The lowest BCUT2D eigenvalue weighted by Crippen LogP contribution is -2.49. The summed E-state index contributed by atoms with van der Waals surface area (Å²) in [6.07, 6.45) is 5.01. The van der Waals surface area contributed by atoms with E-state index in [0.717, 1.165) is 32.5 Å². The molecule has 3 heterocycles. The minimum absolute atomic E-state index is 0.0441. The fourth-order valence-corrected chi connectivity index (χ4v) is 5.59. The molecule has 1 aliphatic carbocycles. The quantitative estimate of drug-likeness (QED) is 0.419. The smallest absolute Gasteiger partial charge is 0.271 e. The molecule has 2 amide bonds. The van der Waals surface area contributed by atoms with Gasteiger partial charge in [-0.25, -0.2) is 9.97 Å². The minimum atomic E-state index is -1.08. The van der Waals surface area contributed by atoms with E-state index in [-0.39, 0.29) is 29.4 Å². The first-order chi connectivity index (χ1) is 16.4. The van der Waals surface area contributed by atoms with E-state index in [1.165, 1.54) is 0 Å². The van der Waals surface area contributed by atoms with Gasteiger partial charge >= 0.3 is 0 Å². The second-order valence-electron chi connectivity index (χ2n) is 9.20. The maximum Gasteiger partial charge on any atom is 0.271 e. The van der Waals surface area contributed by atoms with E-state index >= 15 is 0 Å². The Morgan fingerprint density at radius 1 is 1.24 bits per heavy atom. The normalized spacial score (nSPS) is 26.5. The van der Waals surface area contributed by atoms with Crippen LogP contribution in [0.1, 0.15) is 23.3 Å². The average molecular weight is 484 g/mol. The highest BCUT2D eigenvalue weighted by Gasteiger charge is 2.57. The Morgan fingerprint density at radius 3 is 2.65 bits per heavy atom. The number of anilines is 3. The molecule has 1 saturated carbocycles. The van der Waals surface area contributed by atoms with Crippen LogP contribution in [0.2, 0.25) is 0 Å². The van der Waals surface area contributed by atoms with Gasteiger partial charge in [0.1, 0.15) is 12.1 Å². The Balaban J connectivity index is 1.29. The average Bonchev–Trinajstić information content (AvgIpc) is 3.31. The second kappa shape index (κ2) is 9.40. The number of rotatable bonds is 7. The van der Waals surface area contributed by atoms with Gasteiger partial charge in [-0.15, -0.1) is 0 Å². The largest absolute Gasteiger partial charge is 0.612 e. The summed E-state index contributed by atoms with van der Waals surface area (Å²) in [6.45, 7) is 3.30. The molecule has 4 atom stereocenters. The number of hydrogen-bond acceptors (Lipinski definition) is 8. The van der Waals surface area contributed by atoms with Crippen molar-refractivity contribution in [1.82, 2.24) is 20.6 Å². The third-order valence-corrected chi connectivity index (χ3v) is 7.86. The molecule has 0 radical (unpaired) electrons. The molecule has 4 unspecified atom stereocenters. The SMILES string of the molecule is C[S+]([O-])c1ccc(Nc2nc(N3CCCC(NC(=O)C4C5CNCC54)C3)cnc2C(N)=O)cc1. The number of aromatic nitrogens is 2.